The van der Waals surface area contributed by atoms with Gasteiger partial charge in [-0.15, -0.1) is 0 Å². The Kier molecular flexibility index (Phi) is 6.88. The Morgan fingerprint density at radius 1 is 1.56 bits per heavy atom. The van der Waals surface area contributed by atoms with Crippen LogP contribution >= 0.6 is 0 Å². The van der Waals surface area contributed by atoms with Crippen LogP contribution in [0.15, 0.2) is 12.2 Å². The van der Waals surface area contributed by atoms with E-state index in [0.717, 1.165) is 0 Å². The number of hydrogen-bond donors (Lipinski definition) is 0. The topological polar surface area (TPSA) is 35.5 Å². The van der Waals surface area contributed by atoms with E-state index in [9.17, 15) is 4.79 Å². The van der Waals surface area contributed by atoms with Crippen molar-refractivity contribution in [1.82, 2.24) is 0 Å². The average molecular weight is 148 g/mol. The molecule has 0 fully saturated rings. The smallest absolute Gasteiger partial charge is 0.294 e. The molecule has 0 rings (SSSR count). The fourth-order valence-electron chi connectivity index (χ4n) is 0.147. The number of carbonyl (C=O) groups excluding carboxylic acids is 1. The van der Waals surface area contributed by atoms with Crippen molar-refractivity contribution in [2.75, 3.05) is 7.11 Å². The van der Waals surface area contributed by atoms with Crippen LogP contribution in [-0.4, -0.2) is 24.0 Å². The SMILES string of the molecule is C=C(C)C(=O)OOC.[SiH4]. The van der Waals surface area contributed by atoms with E-state index in [1.807, 2.05) is 0 Å². The third kappa shape index (κ3) is 5.25. The highest BCUT2D eigenvalue weighted by Gasteiger charge is 2.00. The Morgan fingerprint density at radius 2 is 2.00 bits per heavy atom. The second-order valence-electron chi connectivity index (χ2n) is 1.32. The predicted molar refractivity (Wildman–Crippen MR) is 39.2 cm³/mol. The van der Waals surface area contributed by atoms with Gasteiger partial charge in [0, 0.05) is 5.57 Å². The van der Waals surface area contributed by atoms with Crippen LogP contribution in [0.25, 0.3) is 0 Å². The lowest BCUT2D eigenvalue weighted by Crippen LogP contribution is -2.02. The zero-order valence-electron chi connectivity index (χ0n) is 4.93. The van der Waals surface area contributed by atoms with Crippen molar-refractivity contribution < 1.29 is 14.6 Å². The second kappa shape index (κ2) is 5.52. The molecular formula is C5H12O3Si. The molecule has 0 radical (unpaired) electrons. The molecule has 9 heavy (non-hydrogen) atoms. The summed E-state index contributed by atoms with van der Waals surface area (Å²) in [6.07, 6.45) is 0. The normalized spacial score (nSPS) is 7.33. The Hall–Kier alpha value is -0.613. The quantitative estimate of drug-likeness (QED) is 0.223. The van der Waals surface area contributed by atoms with Crippen LogP contribution in [0, 0.1) is 0 Å². The molecule has 0 amide bonds. The van der Waals surface area contributed by atoms with Gasteiger partial charge in [0.15, 0.2) is 0 Å². The maximum Gasteiger partial charge on any atom is 0.368 e. The summed E-state index contributed by atoms with van der Waals surface area (Å²) in [5.41, 5.74) is 0.326. The van der Waals surface area contributed by atoms with Gasteiger partial charge in [0.05, 0.1) is 7.11 Å². The van der Waals surface area contributed by atoms with Gasteiger partial charge in [-0.25, -0.2) is 4.79 Å². The van der Waals surface area contributed by atoms with Gasteiger partial charge in [0.1, 0.15) is 0 Å². The summed E-state index contributed by atoms with van der Waals surface area (Å²) in [5, 5.41) is 0. The molecule has 0 aliphatic rings. The van der Waals surface area contributed by atoms with Gasteiger partial charge in [0.2, 0.25) is 0 Å². The lowest BCUT2D eigenvalue weighted by Gasteiger charge is -1.94. The van der Waals surface area contributed by atoms with Crippen LogP contribution in [0.1, 0.15) is 6.92 Å². The van der Waals surface area contributed by atoms with Crippen LogP contribution < -0.4 is 0 Å². The summed E-state index contributed by atoms with van der Waals surface area (Å²) in [6, 6.07) is 0. The molecule has 0 aromatic carbocycles. The third-order valence-electron chi connectivity index (χ3n) is 0.507. The van der Waals surface area contributed by atoms with Crippen LogP contribution in [0.2, 0.25) is 0 Å². The molecule has 0 aromatic heterocycles. The predicted octanol–water partition coefficient (Wildman–Crippen LogP) is -0.784. The molecule has 0 saturated carbocycles. The maximum atomic E-state index is 10.3. The standard InChI is InChI=1S/C5H8O3.H4Si/c1-4(2)5(6)8-7-3;/h1H2,2-3H3;1H4. The van der Waals surface area contributed by atoms with Gasteiger partial charge in [-0.1, -0.05) is 6.58 Å². The van der Waals surface area contributed by atoms with E-state index in [2.05, 4.69) is 16.4 Å². The van der Waals surface area contributed by atoms with Crippen LogP contribution in [0.4, 0.5) is 0 Å². The van der Waals surface area contributed by atoms with E-state index in [1.165, 1.54) is 7.11 Å². The van der Waals surface area contributed by atoms with Gasteiger partial charge in [0.25, 0.3) is 0 Å². The first-order chi connectivity index (χ1) is 3.68. The summed E-state index contributed by atoms with van der Waals surface area (Å²) < 4.78 is 0. The van der Waals surface area contributed by atoms with E-state index in [0.29, 0.717) is 5.57 Å². The third-order valence-corrected chi connectivity index (χ3v) is 0.507. The summed E-state index contributed by atoms with van der Waals surface area (Å²) in [6.45, 7) is 4.86. The molecule has 0 aliphatic heterocycles. The van der Waals surface area contributed by atoms with Gasteiger partial charge < -0.3 is 0 Å². The molecule has 3 nitrogen and oxygen atoms in total. The van der Waals surface area contributed by atoms with E-state index >= 15 is 0 Å². The number of carbonyl (C=O) groups is 1. The van der Waals surface area contributed by atoms with Crippen molar-refractivity contribution >= 4 is 16.9 Å². The summed E-state index contributed by atoms with van der Waals surface area (Å²) in [7, 11) is 1.26. The minimum atomic E-state index is -0.535. The van der Waals surface area contributed by atoms with E-state index in [-0.39, 0.29) is 11.0 Å². The highest BCUT2D eigenvalue weighted by Crippen LogP contribution is 1.89. The van der Waals surface area contributed by atoms with Crippen molar-refractivity contribution in [3.63, 3.8) is 0 Å². The molecular weight excluding hydrogens is 136 g/mol. The molecule has 0 aromatic rings. The van der Waals surface area contributed by atoms with Gasteiger partial charge in [-0.3, -0.25) is 4.89 Å². The molecule has 0 unspecified atom stereocenters. The summed E-state index contributed by atoms with van der Waals surface area (Å²) in [4.78, 5) is 18.4. The van der Waals surface area contributed by atoms with E-state index < -0.39 is 5.97 Å². The lowest BCUT2D eigenvalue weighted by atomic mass is 10.4. The van der Waals surface area contributed by atoms with Gasteiger partial charge >= 0.3 is 5.97 Å². The molecule has 0 aliphatic carbocycles. The molecule has 0 N–H and O–H groups in total. The zero-order chi connectivity index (χ0) is 6.57. The number of rotatable bonds is 2. The van der Waals surface area contributed by atoms with Crippen molar-refractivity contribution in [3.05, 3.63) is 12.2 Å². The number of hydrogen-bond acceptors (Lipinski definition) is 3. The first kappa shape index (κ1) is 11.2. The Balaban J connectivity index is 0. The molecule has 54 valence electrons. The minimum absolute atomic E-state index is 0. The molecule has 4 heteroatoms. The van der Waals surface area contributed by atoms with Crippen molar-refractivity contribution in [2.24, 2.45) is 0 Å². The highest BCUT2D eigenvalue weighted by molar-refractivity contribution is 5.86. The Bertz CT molecular complexity index is 111. The molecule has 0 spiro atoms. The lowest BCUT2D eigenvalue weighted by molar-refractivity contribution is -0.250. The second-order valence-corrected chi connectivity index (χ2v) is 1.32. The Labute approximate surface area is 58.6 Å². The van der Waals surface area contributed by atoms with Crippen LogP contribution in [0.3, 0.4) is 0 Å². The Morgan fingerprint density at radius 3 is 2.11 bits per heavy atom. The fourth-order valence-corrected chi connectivity index (χ4v) is 0.147. The van der Waals surface area contributed by atoms with E-state index in [1.54, 1.807) is 6.92 Å². The zero-order valence-corrected chi connectivity index (χ0v) is 4.93. The largest absolute Gasteiger partial charge is 0.368 e. The van der Waals surface area contributed by atoms with Gasteiger partial charge in [-0.05, 0) is 17.9 Å². The first-order valence-corrected chi connectivity index (χ1v) is 2.09. The molecule has 0 bridgehead atoms. The van der Waals surface area contributed by atoms with Crippen LogP contribution in [-0.2, 0) is 14.6 Å². The minimum Gasteiger partial charge on any atom is -0.294 e. The first-order valence-electron chi connectivity index (χ1n) is 2.09. The molecule has 0 heterocycles. The maximum absolute atomic E-state index is 10.3. The van der Waals surface area contributed by atoms with Gasteiger partial charge in [-0.2, -0.15) is 4.89 Å². The van der Waals surface area contributed by atoms with Crippen molar-refractivity contribution in [2.45, 2.75) is 6.92 Å². The van der Waals surface area contributed by atoms with Crippen molar-refractivity contribution in [1.29, 1.82) is 0 Å². The van der Waals surface area contributed by atoms with Crippen molar-refractivity contribution in [3.8, 4) is 0 Å². The van der Waals surface area contributed by atoms with E-state index in [4.69, 9.17) is 0 Å². The van der Waals surface area contributed by atoms with Crippen LogP contribution in [0.5, 0.6) is 0 Å². The molecule has 0 saturated heterocycles. The summed E-state index contributed by atoms with van der Waals surface area (Å²) in [5.74, 6) is -0.535. The summed E-state index contributed by atoms with van der Waals surface area (Å²) >= 11 is 0. The highest BCUT2D eigenvalue weighted by atomic mass is 28.1. The average Bonchev–Trinajstić information content (AvgIpc) is 1.67. The monoisotopic (exact) mass is 148 g/mol. The molecule has 0 atom stereocenters. The fraction of sp³-hybridized carbons (Fsp3) is 0.400.